The van der Waals surface area contributed by atoms with Gasteiger partial charge in [0.25, 0.3) is 0 Å². The summed E-state index contributed by atoms with van der Waals surface area (Å²) in [6.45, 7) is 5.79. The number of rotatable bonds is 5. The van der Waals surface area contributed by atoms with Crippen molar-refractivity contribution in [1.82, 2.24) is 10.0 Å². The smallest absolute Gasteiger partial charge is 0.342 e. The molecule has 1 aromatic rings. The van der Waals surface area contributed by atoms with Crippen molar-refractivity contribution in [3.8, 4) is 0 Å². The van der Waals surface area contributed by atoms with E-state index in [1.807, 2.05) is 37.3 Å². The highest BCUT2D eigenvalue weighted by Crippen LogP contribution is 2.17. The van der Waals surface area contributed by atoms with Crippen LogP contribution in [0.2, 0.25) is 0 Å². The summed E-state index contributed by atoms with van der Waals surface area (Å²) in [6, 6.07) is 9.94. The molecule has 0 bridgehead atoms. The zero-order valence-electron chi connectivity index (χ0n) is 13.5. The number of benzene rings is 1. The zero-order valence-corrected chi connectivity index (χ0v) is 14.3. The van der Waals surface area contributed by atoms with Gasteiger partial charge in [0.1, 0.15) is 0 Å². The molecule has 0 saturated heterocycles. The standard InChI is InChI=1S/C16H21N3O3S/c1-11(14-7-5-4-6-8-14)10-17-16(20)9-15-12(2)18-23(21,22)19-13(15)3/h4-8,11,18H,9-10H2,1-3H3,(H,17,20)/t11-/m1/s1. The van der Waals surface area contributed by atoms with Crippen LogP contribution in [0, 0.1) is 0 Å². The van der Waals surface area contributed by atoms with E-state index < -0.39 is 10.2 Å². The highest BCUT2D eigenvalue weighted by molar-refractivity contribution is 7.88. The van der Waals surface area contributed by atoms with Crippen molar-refractivity contribution in [3.63, 3.8) is 0 Å². The molecule has 23 heavy (non-hydrogen) atoms. The maximum absolute atomic E-state index is 12.1. The Morgan fingerprint density at radius 1 is 1.26 bits per heavy atom. The number of nitrogens with zero attached hydrogens (tertiary/aromatic N) is 1. The van der Waals surface area contributed by atoms with Crippen LogP contribution in [0.5, 0.6) is 0 Å². The van der Waals surface area contributed by atoms with Gasteiger partial charge >= 0.3 is 10.2 Å². The molecule has 6 nitrogen and oxygen atoms in total. The Bertz CT molecular complexity index is 752. The van der Waals surface area contributed by atoms with E-state index >= 15 is 0 Å². The molecule has 0 unspecified atom stereocenters. The van der Waals surface area contributed by atoms with Gasteiger partial charge in [0.15, 0.2) is 0 Å². The third-order valence-electron chi connectivity index (χ3n) is 3.74. The van der Waals surface area contributed by atoms with E-state index in [-0.39, 0.29) is 18.2 Å². The van der Waals surface area contributed by atoms with Gasteiger partial charge in [0, 0.05) is 17.8 Å². The van der Waals surface area contributed by atoms with Crippen LogP contribution in [0.4, 0.5) is 0 Å². The number of allylic oxidation sites excluding steroid dienone is 1. The maximum atomic E-state index is 12.1. The largest absolute Gasteiger partial charge is 0.355 e. The van der Waals surface area contributed by atoms with Gasteiger partial charge in [0.05, 0.1) is 12.1 Å². The van der Waals surface area contributed by atoms with Crippen molar-refractivity contribution < 1.29 is 13.2 Å². The summed E-state index contributed by atoms with van der Waals surface area (Å²) >= 11 is 0. The fourth-order valence-corrected chi connectivity index (χ4v) is 3.46. The monoisotopic (exact) mass is 335 g/mol. The summed E-state index contributed by atoms with van der Waals surface area (Å²) in [5.74, 6) is 0.0487. The Labute approximate surface area is 136 Å². The number of carbonyl (C=O) groups excluding carboxylic acids is 1. The van der Waals surface area contributed by atoms with Crippen LogP contribution in [0.3, 0.4) is 0 Å². The predicted molar refractivity (Wildman–Crippen MR) is 90.3 cm³/mol. The molecular formula is C16H21N3O3S. The number of hydrogen-bond acceptors (Lipinski definition) is 3. The Morgan fingerprint density at radius 3 is 2.52 bits per heavy atom. The SMILES string of the molecule is CC1=NS(=O)(=O)NC(C)=C1CC(=O)NC[C@@H](C)c1ccccc1. The van der Waals surface area contributed by atoms with Crippen molar-refractivity contribution >= 4 is 21.8 Å². The first kappa shape index (κ1) is 17.2. The number of nitrogens with one attached hydrogen (secondary N) is 2. The molecule has 0 saturated carbocycles. The fourth-order valence-electron chi connectivity index (χ4n) is 2.43. The minimum atomic E-state index is -3.66. The lowest BCUT2D eigenvalue weighted by atomic mass is 10.0. The summed E-state index contributed by atoms with van der Waals surface area (Å²) < 4.78 is 28.8. The topological polar surface area (TPSA) is 87.6 Å². The van der Waals surface area contributed by atoms with Crippen LogP contribution in [-0.4, -0.2) is 26.6 Å². The minimum Gasteiger partial charge on any atom is -0.355 e. The van der Waals surface area contributed by atoms with Crippen LogP contribution < -0.4 is 10.0 Å². The second-order valence-corrected chi connectivity index (χ2v) is 6.99. The van der Waals surface area contributed by atoms with E-state index in [0.29, 0.717) is 23.5 Å². The lowest BCUT2D eigenvalue weighted by molar-refractivity contribution is -0.120. The molecule has 1 aliphatic rings. The molecule has 2 rings (SSSR count). The van der Waals surface area contributed by atoms with Gasteiger partial charge in [-0.25, -0.2) is 0 Å². The molecule has 1 aromatic carbocycles. The van der Waals surface area contributed by atoms with E-state index in [2.05, 4.69) is 14.4 Å². The highest BCUT2D eigenvalue weighted by Gasteiger charge is 2.22. The molecule has 1 amide bonds. The lowest BCUT2D eigenvalue weighted by Crippen LogP contribution is -2.32. The summed E-state index contributed by atoms with van der Waals surface area (Å²) in [7, 11) is -3.66. The van der Waals surface area contributed by atoms with Crippen LogP contribution in [0.15, 0.2) is 46.0 Å². The second kappa shape index (κ2) is 6.95. The maximum Gasteiger partial charge on any atom is 0.342 e. The van der Waals surface area contributed by atoms with E-state index in [9.17, 15) is 13.2 Å². The zero-order chi connectivity index (χ0) is 17.0. The van der Waals surface area contributed by atoms with Gasteiger partial charge in [-0.05, 0) is 25.3 Å². The Hall–Kier alpha value is -2.15. The molecule has 0 spiro atoms. The first-order valence-corrected chi connectivity index (χ1v) is 8.83. The molecule has 1 atom stereocenters. The Morgan fingerprint density at radius 2 is 1.91 bits per heavy atom. The van der Waals surface area contributed by atoms with Gasteiger partial charge < -0.3 is 5.32 Å². The fraction of sp³-hybridized carbons (Fsp3) is 0.375. The second-order valence-electron chi connectivity index (χ2n) is 5.65. The van der Waals surface area contributed by atoms with Gasteiger partial charge in [-0.15, -0.1) is 4.40 Å². The van der Waals surface area contributed by atoms with E-state index in [0.717, 1.165) is 5.56 Å². The van der Waals surface area contributed by atoms with Crippen LogP contribution in [0.25, 0.3) is 0 Å². The molecule has 0 fully saturated rings. The van der Waals surface area contributed by atoms with Crippen molar-refractivity contribution in [2.75, 3.05) is 6.54 Å². The summed E-state index contributed by atoms with van der Waals surface area (Å²) in [5, 5.41) is 2.88. The molecule has 1 heterocycles. The number of amides is 1. The van der Waals surface area contributed by atoms with Crippen molar-refractivity contribution in [1.29, 1.82) is 0 Å². The molecule has 1 aliphatic heterocycles. The van der Waals surface area contributed by atoms with Crippen LogP contribution in [0.1, 0.15) is 38.7 Å². The lowest BCUT2D eigenvalue weighted by Gasteiger charge is -2.18. The minimum absolute atomic E-state index is 0.102. The molecular weight excluding hydrogens is 314 g/mol. The average Bonchev–Trinajstić information content (AvgIpc) is 2.48. The summed E-state index contributed by atoms with van der Waals surface area (Å²) in [5.41, 5.74) is 2.58. The van der Waals surface area contributed by atoms with E-state index in [1.165, 1.54) is 0 Å². The van der Waals surface area contributed by atoms with Gasteiger partial charge in [-0.3, -0.25) is 9.52 Å². The summed E-state index contributed by atoms with van der Waals surface area (Å²) in [6.07, 6.45) is 0.102. The molecule has 0 aliphatic carbocycles. The average molecular weight is 335 g/mol. The van der Waals surface area contributed by atoms with Gasteiger partial charge in [-0.2, -0.15) is 8.42 Å². The molecule has 7 heteroatoms. The van der Waals surface area contributed by atoms with Crippen LogP contribution >= 0.6 is 0 Å². The quantitative estimate of drug-likeness (QED) is 0.861. The summed E-state index contributed by atoms with van der Waals surface area (Å²) in [4.78, 5) is 12.1. The predicted octanol–water partition coefficient (Wildman–Crippen LogP) is 1.88. The van der Waals surface area contributed by atoms with Crippen LogP contribution in [-0.2, 0) is 15.0 Å². The molecule has 124 valence electrons. The van der Waals surface area contributed by atoms with Crippen molar-refractivity contribution in [3.05, 3.63) is 47.2 Å². The van der Waals surface area contributed by atoms with E-state index in [1.54, 1.807) is 13.8 Å². The van der Waals surface area contributed by atoms with E-state index in [4.69, 9.17) is 0 Å². The van der Waals surface area contributed by atoms with Crippen molar-refractivity contribution in [2.24, 2.45) is 4.40 Å². The first-order chi connectivity index (χ1) is 10.8. The number of carbonyl (C=O) groups is 1. The van der Waals surface area contributed by atoms with Gasteiger partial charge in [0.2, 0.25) is 5.91 Å². The molecule has 0 aromatic heterocycles. The molecule has 0 radical (unpaired) electrons. The third kappa shape index (κ3) is 4.66. The molecule has 2 N–H and O–H groups in total. The van der Waals surface area contributed by atoms with Crippen molar-refractivity contribution in [2.45, 2.75) is 33.1 Å². The highest BCUT2D eigenvalue weighted by atomic mass is 32.2. The van der Waals surface area contributed by atoms with Gasteiger partial charge in [-0.1, -0.05) is 37.3 Å². The Balaban J connectivity index is 1.94. The third-order valence-corrected chi connectivity index (χ3v) is 4.82. The number of hydrogen-bond donors (Lipinski definition) is 2. The Kier molecular flexibility index (Phi) is 5.20. The normalized spacial score (nSPS) is 18.0. The first-order valence-electron chi connectivity index (χ1n) is 7.39.